The number of hydrogen-bond donors (Lipinski definition) is 2. The summed E-state index contributed by atoms with van der Waals surface area (Å²) >= 11 is 0. The van der Waals surface area contributed by atoms with Gasteiger partial charge in [0.2, 0.25) is 5.91 Å². The van der Waals surface area contributed by atoms with Crippen LogP contribution in [0.2, 0.25) is 0 Å². The summed E-state index contributed by atoms with van der Waals surface area (Å²) in [5, 5.41) is 5.88. The molecule has 4 rings (SSSR count). The number of likely N-dealkylation sites (tertiary alicyclic amines) is 1. The summed E-state index contributed by atoms with van der Waals surface area (Å²) in [6.45, 7) is 3.00. The lowest BCUT2D eigenvalue weighted by atomic mass is 10.0. The highest BCUT2D eigenvalue weighted by Crippen LogP contribution is 2.39. The standard InChI is InChI=1S/C25H30F3N3O2/c1-17(32)30-19-7-4-9-21(15-19)33-24-22-10-3-2-6-18(22)14-23(24)31-13-5-8-20(16-31)29-12-11-25(26,27)28/h2-4,6-7,9-10,15,20,23-24,29H,5,8,11-14,16H2,1H3,(H,30,32)/t20-,23+,24+/m1/s1. The van der Waals surface area contributed by atoms with Crippen molar-refractivity contribution in [2.75, 3.05) is 25.0 Å². The van der Waals surface area contributed by atoms with Gasteiger partial charge in [-0.3, -0.25) is 9.69 Å². The third kappa shape index (κ3) is 6.26. The van der Waals surface area contributed by atoms with E-state index in [-0.39, 0.29) is 30.6 Å². The topological polar surface area (TPSA) is 53.6 Å². The monoisotopic (exact) mass is 461 g/mol. The van der Waals surface area contributed by atoms with Gasteiger partial charge in [0.05, 0.1) is 12.5 Å². The fourth-order valence-corrected chi connectivity index (χ4v) is 4.89. The summed E-state index contributed by atoms with van der Waals surface area (Å²) in [7, 11) is 0. The van der Waals surface area contributed by atoms with Gasteiger partial charge >= 0.3 is 6.18 Å². The van der Waals surface area contributed by atoms with Crippen molar-refractivity contribution in [2.24, 2.45) is 0 Å². The molecule has 0 spiro atoms. The predicted octanol–water partition coefficient (Wildman–Crippen LogP) is 4.70. The third-order valence-electron chi connectivity index (χ3n) is 6.32. The summed E-state index contributed by atoms with van der Waals surface area (Å²) in [5.41, 5.74) is 3.05. The summed E-state index contributed by atoms with van der Waals surface area (Å²) in [6.07, 6.45) is -2.50. The van der Waals surface area contributed by atoms with Crippen molar-refractivity contribution in [3.8, 4) is 5.75 Å². The molecular weight excluding hydrogens is 431 g/mol. The molecule has 2 N–H and O–H groups in total. The molecule has 1 heterocycles. The van der Waals surface area contributed by atoms with E-state index in [0.29, 0.717) is 18.0 Å². The van der Waals surface area contributed by atoms with E-state index in [9.17, 15) is 18.0 Å². The number of benzene rings is 2. The summed E-state index contributed by atoms with van der Waals surface area (Å²) in [6, 6.07) is 15.7. The van der Waals surface area contributed by atoms with Crippen LogP contribution in [-0.4, -0.2) is 48.7 Å². The number of rotatable bonds is 7. The highest BCUT2D eigenvalue weighted by atomic mass is 19.4. The number of piperidine rings is 1. The molecule has 1 fully saturated rings. The molecule has 2 aliphatic rings. The summed E-state index contributed by atoms with van der Waals surface area (Å²) in [5.74, 6) is 0.526. The van der Waals surface area contributed by atoms with E-state index in [1.807, 2.05) is 36.4 Å². The lowest BCUT2D eigenvalue weighted by Gasteiger charge is -2.39. The molecule has 0 aromatic heterocycles. The lowest BCUT2D eigenvalue weighted by molar-refractivity contribution is -0.133. The van der Waals surface area contributed by atoms with Crippen LogP contribution in [-0.2, 0) is 11.2 Å². The third-order valence-corrected chi connectivity index (χ3v) is 6.32. The number of ether oxygens (including phenoxy) is 1. The van der Waals surface area contributed by atoms with E-state index in [4.69, 9.17) is 4.74 Å². The minimum Gasteiger partial charge on any atom is -0.484 e. The Labute approximate surface area is 192 Å². The van der Waals surface area contributed by atoms with Gasteiger partial charge in [-0.25, -0.2) is 0 Å². The van der Waals surface area contributed by atoms with Crippen LogP contribution in [0.1, 0.15) is 43.4 Å². The molecule has 3 atom stereocenters. The van der Waals surface area contributed by atoms with Crippen molar-refractivity contribution in [2.45, 2.75) is 57.0 Å². The van der Waals surface area contributed by atoms with Crippen LogP contribution in [0, 0.1) is 0 Å². The molecule has 0 radical (unpaired) electrons. The maximum Gasteiger partial charge on any atom is 0.390 e. The van der Waals surface area contributed by atoms with E-state index in [0.717, 1.165) is 31.4 Å². The highest BCUT2D eigenvalue weighted by molar-refractivity contribution is 5.88. The zero-order valence-electron chi connectivity index (χ0n) is 18.7. The average molecular weight is 462 g/mol. The second-order valence-corrected chi connectivity index (χ2v) is 8.87. The molecule has 1 aliphatic carbocycles. The van der Waals surface area contributed by atoms with Crippen LogP contribution in [0.15, 0.2) is 48.5 Å². The molecule has 178 valence electrons. The Balaban J connectivity index is 1.48. The van der Waals surface area contributed by atoms with Gasteiger partial charge in [0, 0.05) is 37.8 Å². The first-order chi connectivity index (χ1) is 15.8. The zero-order valence-corrected chi connectivity index (χ0v) is 18.7. The van der Waals surface area contributed by atoms with Crippen molar-refractivity contribution >= 4 is 11.6 Å². The van der Waals surface area contributed by atoms with Crippen LogP contribution in [0.3, 0.4) is 0 Å². The van der Waals surface area contributed by atoms with Crippen LogP contribution in [0.25, 0.3) is 0 Å². The quantitative estimate of drug-likeness (QED) is 0.628. The van der Waals surface area contributed by atoms with E-state index >= 15 is 0 Å². The second kappa shape index (κ2) is 10.1. The first-order valence-corrected chi connectivity index (χ1v) is 11.4. The van der Waals surface area contributed by atoms with Crippen LogP contribution in [0.5, 0.6) is 5.75 Å². The van der Waals surface area contributed by atoms with Crippen LogP contribution >= 0.6 is 0 Å². The molecule has 0 bridgehead atoms. The zero-order chi connectivity index (χ0) is 23.4. The molecule has 1 amide bonds. The maximum absolute atomic E-state index is 12.6. The Hall–Kier alpha value is -2.58. The van der Waals surface area contributed by atoms with E-state index in [2.05, 4.69) is 27.7 Å². The van der Waals surface area contributed by atoms with Gasteiger partial charge in [-0.2, -0.15) is 13.2 Å². The predicted molar refractivity (Wildman–Crippen MR) is 121 cm³/mol. The number of amides is 1. The van der Waals surface area contributed by atoms with Crippen LogP contribution < -0.4 is 15.4 Å². The van der Waals surface area contributed by atoms with Crippen molar-refractivity contribution < 1.29 is 22.7 Å². The van der Waals surface area contributed by atoms with Gasteiger partial charge in [-0.05, 0) is 49.1 Å². The first kappa shape index (κ1) is 23.6. The number of anilines is 1. The van der Waals surface area contributed by atoms with Crippen molar-refractivity contribution in [1.29, 1.82) is 0 Å². The van der Waals surface area contributed by atoms with Gasteiger partial charge in [0.25, 0.3) is 0 Å². The average Bonchev–Trinajstić information content (AvgIpc) is 3.11. The number of halogens is 3. The van der Waals surface area contributed by atoms with Gasteiger partial charge in [0.15, 0.2) is 0 Å². The Bertz CT molecular complexity index is 966. The molecule has 33 heavy (non-hydrogen) atoms. The molecule has 2 aromatic rings. The van der Waals surface area contributed by atoms with Crippen molar-refractivity contribution in [3.63, 3.8) is 0 Å². The minimum absolute atomic E-state index is 0.0357. The van der Waals surface area contributed by atoms with Crippen molar-refractivity contribution in [3.05, 3.63) is 59.7 Å². The maximum atomic E-state index is 12.6. The summed E-state index contributed by atoms with van der Waals surface area (Å²) in [4.78, 5) is 13.8. The molecule has 0 unspecified atom stereocenters. The Morgan fingerprint density at radius 2 is 2.00 bits per heavy atom. The number of nitrogens with zero attached hydrogens (tertiary/aromatic N) is 1. The smallest absolute Gasteiger partial charge is 0.390 e. The fraction of sp³-hybridized carbons (Fsp3) is 0.480. The van der Waals surface area contributed by atoms with Gasteiger partial charge in [-0.1, -0.05) is 30.3 Å². The fourth-order valence-electron chi connectivity index (χ4n) is 4.89. The molecule has 0 saturated carbocycles. The summed E-state index contributed by atoms with van der Waals surface area (Å²) < 4.78 is 44.1. The molecule has 1 aliphatic heterocycles. The largest absolute Gasteiger partial charge is 0.484 e. The normalized spacial score (nSPS) is 23.2. The SMILES string of the molecule is CC(=O)Nc1cccc(O[C@H]2c3ccccc3C[C@@H]2N2CCC[C@@H](NCCC(F)(F)F)C2)c1. The number of fused-ring (bicyclic) bond motifs is 1. The first-order valence-electron chi connectivity index (χ1n) is 11.4. The van der Waals surface area contributed by atoms with Gasteiger partial charge < -0.3 is 15.4 Å². The number of nitrogens with one attached hydrogen (secondary N) is 2. The molecule has 2 aromatic carbocycles. The van der Waals surface area contributed by atoms with Crippen molar-refractivity contribution in [1.82, 2.24) is 10.2 Å². The number of carbonyl (C=O) groups excluding carboxylic acids is 1. The molecule has 1 saturated heterocycles. The Kier molecular flexibility index (Phi) is 7.24. The van der Waals surface area contributed by atoms with E-state index in [1.165, 1.54) is 12.5 Å². The Morgan fingerprint density at radius 3 is 2.79 bits per heavy atom. The number of alkyl halides is 3. The second-order valence-electron chi connectivity index (χ2n) is 8.87. The lowest BCUT2D eigenvalue weighted by Crippen LogP contribution is -2.51. The highest BCUT2D eigenvalue weighted by Gasteiger charge is 2.39. The molecular formula is C25H30F3N3O2. The van der Waals surface area contributed by atoms with E-state index in [1.54, 1.807) is 0 Å². The molecule has 5 nitrogen and oxygen atoms in total. The molecule has 8 heteroatoms. The number of hydrogen-bond acceptors (Lipinski definition) is 4. The van der Waals surface area contributed by atoms with E-state index < -0.39 is 12.6 Å². The van der Waals surface area contributed by atoms with Gasteiger partial charge in [0.1, 0.15) is 11.9 Å². The Morgan fingerprint density at radius 1 is 1.18 bits per heavy atom. The number of carbonyl (C=O) groups is 1. The van der Waals surface area contributed by atoms with Gasteiger partial charge in [-0.15, -0.1) is 0 Å². The van der Waals surface area contributed by atoms with Crippen LogP contribution in [0.4, 0.5) is 18.9 Å². The minimum atomic E-state index is -4.14.